The molecule has 88 valence electrons. The number of aryl methyl sites for hydroxylation is 1. The molecule has 3 rings (SSSR count). The minimum absolute atomic E-state index is 0.296. The van der Waals surface area contributed by atoms with Crippen LogP contribution in [0.25, 0.3) is 10.6 Å². The van der Waals surface area contributed by atoms with Gasteiger partial charge in [0, 0.05) is 12.1 Å². The predicted molar refractivity (Wildman–Crippen MR) is 70.6 cm³/mol. The first kappa shape index (κ1) is 10.6. The van der Waals surface area contributed by atoms with Crippen LogP contribution in [0.3, 0.4) is 0 Å². The van der Waals surface area contributed by atoms with Crippen LogP contribution >= 0.6 is 11.3 Å². The topological polar surface area (TPSA) is 45.2 Å². The van der Waals surface area contributed by atoms with E-state index in [1.165, 1.54) is 23.5 Å². The van der Waals surface area contributed by atoms with Gasteiger partial charge in [0.1, 0.15) is 15.8 Å². The number of benzene rings is 1. The molecule has 0 atom stereocenters. The summed E-state index contributed by atoms with van der Waals surface area (Å²) in [6.45, 7) is 1.05. The van der Waals surface area contributed by atoms with Crippen molar-refractivity contribution in [3.8, 4) is 16.3 Å². The second-order valence-electron chi connectivity index (χ2n) is 4.23. The number of hydrogen-bond donors (Lipinski definition) is 2. The minimum atomic E-state index is 0.296. The average Bonchev–Trinajstić information content (AvgIpc) is 2.62. The van der Waals surface area contributed by atoms with E-state index in [2.05, 4.69) is 10.3 Å². The van der Waals surface area contributed by atoms with Crippen LogP contribution in [-0.2, 0) is 6.42 Å². The minimum Gasteiger partial charge on any atom is -0.508 e. The highest BCUT2D eigenvalue weighted by Gasteiger charge is 2.14. The number of fused-ring (bicyclic) bond motifs is 1. The first-order chi connectivity index (χ1) is 8.33. The van der Waals surface area contributed by atoms with Crippen LogP contribution in [0.5, 0.6) is 5.75 Å². The summed E-state index contributed by atoms with van der Waals surface area (Å²) in [5.41, 5.74) is 2.26. The van der Waals surface area contributed by atoms with Crippen LogP contribution in [0.1, 0.15) is 18.5 Å². The first-order valence-corrected chi connectivity index (χ1v) is 6.67. The normalized spacial score (nSPS) is 14.8. The zero-order valence-electron chi connectivity index (χ0n) is 9.44. The summed E-state index contributed by atoms with van der Waals surface area (Å²) in [7, 11) is 0. The van der Waals surface area contributed by atoms with Crippen LogP contribution in [0.4, 0.5) is 5.00 Å². The molecule has 0 saturated heterocycles. The lowest BCUT2D eigenvalue weighted by Gasteiger charge is -1.98. The molecule has 0 radical (unpaired) electrons. The molecule has 0 saturated carbocycles. The van der Waals surface area contributed by atoms with Gasteiger partial charge in [0.15, 0.2) is 0 Å². The molecule has 2 heterocycles. The molecule has 1 aromatic carbocycles. The number of hydrogen-bond acceptors (Lipinski definition) is 4. The summed E-state index contributed by atoms with van der Waals surface area (Å²) in [4.78, 5) is 4.69. The van der Waals surface area contributed by atoms with E-state index in [0.717, 1.165) is 23.5 Å². The van der Waals surface area contributed by atoms with Crippen molar-refractivity contribution in [2.45, 2.75) is 19.3 Å². The summed E-state index contributed by atoms with van der Waals surface area (Å²) in [6, 6.07) is 7.23. The molecular formula is C13H14N2OS. The van der Waals surface area contributed by atoms with E-state index in [9.17, 15) is 5.11 Å². The Morgan fingerprint density at radius 3 is 2.82 bits per heavy atom. The van der Waals surface area contributed by atoms with Gasteiger partial charge in [-0.1, -0.05) is 11.3 Å². The van der Waals surface area contributed by atoms with Crippen LogP contribution in [0.2, 0.25) is 0 Å². The summed E-state index contributed by atoms with van der Waals surface area (Å²) < 4.78 is 0. The number of nitrogens with zero attached hydrogens (tertiary/aromatic N) is 1. The van der Waals surface area contributed by atoms with Gasteiger partial charge >= 0.3 is 0 Å². The first-order valence-electron chi connectivity index (χ1n) is 5.86. The lowest BCUT2D eigenvalue weighted by Crippen LogP contribution is -1.96. The molecule has 2 aromatic rings. The maximum atomic E-state index is 9.27. The zero-order chi connectivity index (χ0) is 11.7. The third kappa shape index (κ3) is 2.13. The summed E-state index contributed by atoms with van der Waals surface area (Å²) in [5.74, 6) is 0.296. The van der Waals surface area contributed by atoms with E-state index in [0.29, 0.717) is 5.75 Å². The molecule has 1 aromatic heterocycles. The van der Waals surface area contributed by atoms with Crippen molar-refractivity contribution in [1.82, 2.24) is 4.98 Å². The number of nitrogens with one attached hydrogen (secondary N) is 1. The lowest BCUT2D eigenvalue weighted by molar-refractivity contribution is 0.475. The molecule has 0 fully saturated rings. The number of phenolic OH excluding ortho intramolecular Hbond substituents is 1. The molecular weight excluding hydrogens is 232 g/mol. The molecule has 1 aliphatic heterocycles. The second-order valence-corrected chi connectivity index (χ2v) is 5.22. The zero-order valence-corrected chi connectivity index (χ0v) is 10.3. The summed E-state index contributed by atoms with van der Waals surface area (Å²) in [5, 5.41) is 15.0. The number of rotatable bonds is 1. The van der Waals surface area contributed by atoms with Crippen LogP contribution in [0, 0.1) is 0 Å². The Kier molecular flexibility index (Phi) is 2.73. The molecule has 0 aliphatic carbocycles. The molecule has 3 nitrogen and oxygen atoms in total. The van der Waals surface area contributed by atoms with Gasteiger partial charge in [-0.25, -0.2) is 4.98 Å². The van der Waals surface area contributed by atoms with Crippen molar-refractivity contribution in [3.63, 3.8) is 0 Å². The van der Waals surface area contributed by atoms with Crippen LogP contribution in [0.15, 0.2) is 24.3 Å². The Hall–Kier alpha value is -1.55. The van der Waals surface area contributed by atoms with Crippen LogP contribution < -0.4 is 5.32 Å². The van der Waals surface area contributed by atoms with Gasteiger partial charge in [-0.15, -0.1) is 0 Å². The van der Waals surface area contributed by atoms with E-state index in [4.69, 9.17) is 0 Å². The fraction of sp³-hybridized carbons (Fsp3) is 0.308. The largest absolute Gasteiger partial charge is 0.508 e. The fourth-order valence-electron chi connectivity index (χ4n) is 2.01. The van der Waals surface area contributed by atoms with Gasteiger partial charge in [0.05, 0.1) is 5.69 Å². The third-order valence-corrected chi connectivity index (χ3v) is 4.04. The van der Waals surface area contributed by atoms with E-state index in [1.807, 2.05) is 12.1 Å². The van der Waals surface area contributed by atoms with Gasteiger partial charge in [-0.2, -0.15) is 0 Å². The number of thiazole rings is 1. The number of anilines is 1. The average molecular weight is 246 g/mol. The van der Waals surface area contributed by atoms with Gasteiger partial charge in [-0.05, 0) is 43.5 Å². The quantitative estimate of drug-likeness (QED) is 0.811. The third-order valence-electron chi connectivity index (χ3n) is 2.94. The smallest absolute Gasteiger partial charge is 0.125 e. The van der Waals surface area contributed by atoms with Crippen molar-refractivity contribution in [3.05, 3.63) is 30.0 Å². The number of aromatic hydroxyl groups is 1. The predicted octanol–water partition coefficient (Wildman–Crippen LogP) is 3.26. The van der Waals surface area contributed by atoms with E-state index >= 15 is 0 Å². The Labute approximate surface area is 104 Å². The Bertz CT molecular complexity index is 495. The highest BCUT2D eigenvalue weighted by molar-refractivity contribution is 7.19. The van der Waals surface area contributed by atoms with E-state index < -0.39 is 0 Å². The highest BCUT2D eigenvalue weighted by atomic mass is 32.1. The molecule has 1 aliphatic rings. The van der Waals surface area contributed by atoms with Crippen molar-refractivity contribution in [1.29, 1.82) is 0 Å². The van der Waals surface area contributed by atoms with Gasteiger partial charge in [0.25, 0.3) is 0 Å². The van der Waals surface area contributed by atoms with Crippen molar-refractivity contribution in [2.24, 2.45) is 0 Å². The Balaban J connectivity index is 1.96. The van der Waals surface area contributed by atoms with E-state index in [-0.39, 0.29) is 0 Å². The fourth-order valence-corrected chi connectivity index (χ4v) is 3.05. The maximum absolute atomic E-state index is 9.27. The molecule has 0 amide bonds. The van der Waals surface area contributed by atoms with E-state index in [1.54, 1.807) is 23.5 Å². The molecule has 2 N–H and O–H groups in total. The lowest BCUT2D eigenvalue weighted by atomic mass is 10.2. The standard InChI is InChI=1S/C13H14N2OS/c16-10-6-4-9(5-7-10)12-15-11-3-1-2-8-14-13(11)17-12/h4-7,14,16H,1-3,8H2. The molecule has 0 spiro atoms. The van der Waals surface area contributed by atoms with Crippen molar-refractivity contribution in [2.75, 3.05) is 11.9 Å². The van der Waals surface area contributed by atoms with Crippen molar-refractivity contribution >= 4 is 16.3 Å². The maximum Gasteiger partial charge on any atom is 0.125 e. The Morgan fingerprint density at radius 2 is 2.00 bits per heavy atom. The second kappa shape index (κ2) is 4.37. The van der Waals surface area contributed by atoms with Gasteiger partial charge < -0.3 is 10.4 Å². The highest BCUT2D eigenvalue weighted by Crippen LogP contribution is 2.34. The molecule has 0 unspecified atom stereocenters. The van der Waals surface area contributed by atoms with Gasteiger partial charge in [-0.3, -0.25) is 0 Å². The Morgan fingerprint density at radius 1 is 1.18 bits per heavy atom. The van der Waals surface area contributed by atoms with Gasteiger partial charge in [0.2, 0.25) is 0 Å². The number of phenols is 1. The number of aromatic nitrogens is 1. The van der Waals surface area contributed by atoms with Crippen LogP contribution in [-0.4, -0.2) is 16.6 Å². The summed E-state index contributed by atoms with van der Waals surface area (Å²) in [6.07, 6.45) is 3.49. The summed E-state index contributed by atoms with van der Waals surface area (Å²) >= 11 is 1.70. The molecule has 0 bridgehead atoms. The SMILES string of the molecule is Oc1ccc(-c2nc3c(s2)NCCCC3)cc1. The molecule has 4 heteroatoms. The monoisotopic (exact) mass is 246 g/mol. The van der Waals surface area contributed by atoms with Crippen molar-refractivity contribution < 1.29 is 5.11 Å². The molecule has 17 heavy (non-hydrogen) atoms.